The Balaban J connectivity index is 2.03. The minimum absolute atomic E-state index is 0.0831. The van der Waals surface area contributed by atoms with Gasteiger partial charge in [0.25, 0.3) is 0 Å². The first kappa shape index (κ1) is 13.9. The van der Waals surface area contributed by atoms with Crippen LogP contribution in [-0.2, 0) is 11.3 Å². The largest absolute Gasteiger partial charge is 0.495 e. The molecule has 0 bridgehead atoms. The summed E-state index contributed by atoms with van der Waals surface area (Å²) in [5.74, 6) is 6.71. The Kier molecular flexibility index (Phi) is 5.26. The molecule has 0 spiro atoms. The molecule has 1 saturated carbocycles. The lowest BCUT2D eigenvalue weighted by atomic mass is 9.96. The lowest BCUT2D eigenvalue weighted by Gasteiger charge is -2.25. The number of ether oxygens (including phenoxy) is 2. The van der Waals surface area contributed by atoms with Crippen molar-refractivity contribution in [3.05, 3.63) is 29.3 Å². The number of aliphatic hydroxyl groups excluding tert-OH is 1. The van der Waals surface area contributed by atoms with E-state index in [1.54, 1.807) is 7.11 Å². The third-order valence-electron chi connectivity index (χ3n) is 3.26. The number of hydrogen-bond donors (Lipinski definition) is 1. The van der Waals surface area contributed by atoms with Crippen LogP contribution >= 0.6 is 0 Å². The Labute approximate surface area is 114 Å². The third-order valence-corrected chi connectivity index (χ3v) is 3.26. The SMILES string of the molecule is COc1ccc(COC2CCC2)cc1C#CCCO. The molecule has 1 N–H and O–H groups in total. The molecule has 19 heavy (non-hydrogen) atoms. The molecule has 1 fully saturated rings. The molecule has 102 valence electrons. The topological polar surface area (TPSA) is 38.7 Å². The maximum Gasteiger partial charge on any atom is 0.134 e. The van der Waals surface area contributed by atoms with Gasteiger partial charge in [-0.2, -0.15) is 0 Å². The van der Waals surface area contributed by atoms with Crippen LogP contribution in [0.3, 0.4) is 0 Å². The molecule has 0 saturated heterocycles. The van der Waals surface area contributed by atoms with E-state index in [0.717, 1.165) is 16.9 Å². The van der Waals surface area contributed by atoms with Crippen molar-refractivity contribution < 1.29 is 14.6 Å². The summed E-state index contributed by atoms with van der Waals surface area (Å²) >= 11 is 0. The second kappa shape index (κ2) is 7.18. The molecular formula is C16H20O3. The molecule has 1 aromatic rings. The quantitative estimate of drug-likeness (QED) is 0.827. The molecule has 0 aliphatic heterocycles. The molecule has 2 rings (SSSR count). The molecule has 1 aromatic carbocycles. The van der Waals surface area contributed by atoms with Crippen LogP contribution < -0.4 is 4.74 Å². The van der Waals surface area contributed by atoms with E-state index < -0.39 is 0 Å². The van der Waals surface area contributed by atoms with Gasteiger partial charge < -0.3 is 14.6 Å². The number of methoxy groups -OCH3 is 1. The summed E-state index contributed by atoms with van der Waals surface area (Å²) in [6.07, 6.45) is 4.56. The molecule has 0 amide bonds. The molecule has 0 radical (unpaired) electrons. The summed E-state index contributed by atoms with van der Waals surface area (Å²) in [5, 5.41) is 8.75. The Morgan fingerprint density at radius 1 is 1.37 bits per heavy atom. The zero-order chi connectivity index (χ0) is 13.5. The van der Waals surface area contributed by atoms with Crippen molar-refractivity contribution in [2.24, 2.45) is 0 Å². The van der Waals surface area contributed by atoms with Crippen molar-refractivity contribution >= 4 is 0 Å². The lowest BCUT2D eigenvalue weighted by molar-refractivity contribution is -0.00867. The van der Waals surface area contributed by atoms with Crippen molar-refractivity contribution in [2.45, 2.75) is 38.4 Å². The van der Waals surface area contributed by atoms with E-state index in [1.165, 1.54) is 19.3 Å². The average molecular weight is 260 g/mol. The molecular weight excluding hydrogens is 240 g/mol. The second-order valence-electron chi connectivity index (χ2n) is 4.67. The van der Waals surface area contributed by atoms with Crippen molar-refractivity contribution in [3.8, 4) is 17.6 Å². The highest BCUT2D eigenvalue weighted by atomic mass is 16.5. The Morgan fingerprint density at radius 3 is 2.84 bits per heavy atom. The maximum atomic E-state index is 8.75. The molecule has 1 aliphatic rings. The van der Waals surface area contributed by atoms with Gasteiger partial charge in [0.2, 0.25) is 0 Å². The Hall–Kier alpha value is -1.50. The second-order valence-corrected chi connectivity index (χ2v) is 4.67. The van der Waals surface area contributed by atoms with E-state index in [1.807, 2.05) is 18.2 Å². The van der Waals surface area contributed by atoms with Gasteiger partial charge in [-0.15, -0.1) is 0 Å². The van der Waals surface area contributed by atoms with E-state index in [9.17, 15) is 0 Å². The van der Waals surface area contributed by atoms with Crippen molar-refractivity contribution in [1.82, 2.24) is 0 Å². The van der Waals surface area contributed by atoms with Gasteiger partial charge >= 0.3 is 0 Å². The van der Waals surface area contributed by atoms with Gasteiger partial charge in [0.05, 0.1) is 32.0 Å². The molecule has 3 heteroatoms. The summed E-state index contributed by atoms with van der Waals surface area (Å²) in [7, 11) is 1.64. The van der Waals surface area contributed by atoms with Gasteiger partial charge in [-0.25, -0.2) is 0 Å². The van der Waals surface area contributed by atoms with Gasteiger partial charge in [0.1, 0.15) is 5.75 Å². The molecule has 0 unspecified atom stereocenters. The van der Waals surface area contributed by atoms with Gasteiger partial charge in [0.15, 0.2) is 0 Å². The Morgan fingerprint density at radius 2 is 2.21 bits per heavy atom. The maximum absolute atomic E-state index is 8.75. The first-order valence-electron chi connectivity index (χ1n) is 6.71. The highest BCUT2D eigenvalue weighted by Crippen LogP contribution is 2.24. The number of benzene rings is 1. The molecule has 3 nitrogen and oxygen atoms in total. The van der Waals surface area contributed by atoms with Gasteiger partial charge in [-0.3, -0.25) is 0 Å². The molecule has 0 aromatic heterocycles. The fourth-order valence-corrected chi connectivity index (χ4v) is 1.91. The van der Waals surface area contributed by atoms with Gasteiger partial charge in [0, 0.05) is 6.42 Å². The third kappa shape index (κ3) is 3.99. The van der Waals surface area contributed by atoms with Gasteiger partial charge in [-0.1, -0.05) is 17.9 Å². The van der Waals surface area contributed by atoms with Crippen LogP contribution in [0.2, 0.25) is 0 Å². The highest BCUT2D eigenvalue weighted by Gasteiger charge is 2.17. The van der Waals surface area contributed by atoms with Crippen LogP contribution in [0.15, 0.2) is 18.2 Å². The lowest BCUT2D eigenvalue weighted by Crippen LogP contribution is -2.21. The fourth-order valence-electron chi connectivity index (χ4n) is 1.91. The number of hydrogen-bond acceptors (Lipinski definition) is 3. The van der Waals surface area contributed by atoms with E-state index in [2.05, 4.69) is 11.8 Å². The van der Waals surface area contributed by atoms with Crippen molar-refractivity contribution in [2.75, 3.05) is 13.7 Å². The van der Waals surface area contributed by atoms with Crippen molar-refractivity contribution in [3.63, 3.8) is 0 Å². The van der Waals surface area contributed by atoms with E-state index in [0.29, 0.717) is 19.1 Å². The zero-order valence-corrected chi connectivity index (χ0v) is 11.3. The van der Waals surface area contributed by atoms with E-state index in [4.69, 9.17) is 14.6 Å². The first-order chi connectivity index (χ1) is 9.33. The highest BCUT2D eigenvalue weighted by molar-refractivity contribution is 5.48. The number of aliphatic hydroxyl groups is 1. The van der Waals surface area contributed by atoms with Crippen LogP contribution in [0.5, 0.6) is 5.75 Å². The minimum atomic E-state index is 0.0831. The smallest absolute Gasteiger partial charge is 0.134 e. The summed E-state index contributed by atoms with van der Waals surface area (Å²) in [6.45, 7) is 0.711. The monoisotopic (exact) mass is 260 g/mol. The summed E-state index contributed by atoms with van der Waals surface area (Å²) < 4.78 is 11.1. The summed E-state index contributed by atoms with van der Waals surface area (Å²) in [6, 6.07) is 5.93. The minimum Gasteiger partial charge on any atom is -0.495 e. The van der Waals surface area contributed by atoms with E-state index >= 15 is 0 Å². The van der Waals surface area contributed by atoms with Crippen LogP contribution in [0.4, 0.5) is 0 Å². The first-order valence-corrected chi connectivity index (χ1v) is 6.71. The molecule has 1 aliphatic carbocycles. The fraction of sp³-hybridized carbons (Fsp3) is 0.500. The van der Waals surface area contributed by atoms with Crippen LogP contribution in [0.25, 0.3) is 0 Å². The zero-order valence-electron chi connectivity index (χ0n) is 11.3. The van der Waals surface area contributed by atoms with E-state index in [-0.39, 0.29) is 6.61 Å². The van der Waals surface area contributed by atoms with Crippen molar-refractivity contribution in [1.29, 1.82) is 0 Å². The summed E-state index contributed by atoms with van der Waals surface area (Å²) in [5.41, 5.74) is 1.96. The number of rotatable bonds is 5. The Bertz CT molecular complexity index is 467. The average Bonchev–Trinajstić information content (AvgIpc) is 2.37. The van der Waals surface area contributed by atoms with Gasteiger partial charge in [-0.05, 0) is 37.0 Å². The standard InChI is InChI=1S/C16H20O3/c1-18-16-9-8-13(12-19-15-6-4-7-15)11-14(16)5-2-3-10-17/h8-9,11,15,17H,3-4,6-7,10,12H2,1H3. The molecule has 0 atom stereocenters. The normalized spacial score (nSPS) is 14.4. The van der Waals surface area contributed by atoms with Crippen LogP contribution in [0.1, 0.15) is 36.8 Å². The summed E-state index contributed by atoms with van der Waals surface area (Å²) in [4.78, 5) is 0. The van der Waals surface area contributed by atoms with Crippen LogP contribution in [0, 0.1) is 11.8 Å². The molecule has 0 heterocycles. The predicted octanol–water partition coefficient (Wildman–Crippen LogP) is 2.50. The predicted molar refractivity (Wildman–Crippen MR) is 74.0 cm³/mol. The van der Waals surface area contributed by atoms with Crippen LogP contribution in [-0.4, -0.2) is 24.9 Å².